The Balaban J connectivity index is 1.31. The van der Waals surface area contributed by atoms with Crippen LogP contribution in [0.4, 0.5) is 11.5 Å². The van der Waals surface area contributed by atoms with Crippen molar-refractivity contribution in [2.75, 3.05) is 17.2 Å². The molecule has 48 heavy (non-hydrogen) atoms. The number of hydrogen-bond acceptors (Lipinski definition) is 7. The van der Waals surface area contributed by atoms with E-state index in [1.165, 1.54) is 77.0 Å². The monoisotopic (exact) mass is 651 g/mol. The van der Waals surface area contributed by atoms with Crippen LogP contribution in [0, 0.1) is 5.92 Å². The van der Waals surface area contributed by atoms with Crippen LogP contribution in [0.25, 0.3) is 16.5 Å². The third-order valence-corrected chi connectivity index (χ3v) is 9.21. The Bertz CT molecular complexity index is 1700. The van der Waals surface area contributed by atoms with Crippen molar-refractivity contribution in [2.24, 2.45) is 10.9 Å². The Kier molecular flexibility index (Phi) is 12.8. The van der Waals surface area contributed by atoms with Gasteiger partial charge in [-0.25, -0.2) is 9.98 Å². The standard InChI is InChI=1S/C39H49N5O4/c1-3-5-7-9-10-12-17-28(16-11-8-6-4-2)25-48-39-35-37(40-26-41-39)44(27-42-35)34-21-15-19-31-30(34)22-23-32(36(31)46)38(47)43-33-20-14-13-18-29(33)24-45/h13-15,18-24,26-28,39,46H,3-12,16-17,25H2,1-2H3,(H,40,41)(H,43,47). The lowest BCUT2D eigenvalue weighted by Gasteiger charge is -2.23. The molecule has 1 aromatic heterocycles. The van der Waals surface area contributed by atoms with E-state index >= 15 is 0 Å². The van der Waals surface area contributed by atoms with Crippen LogP contribution in [0.3, 0.4) is 0 Å². The predicted molar refractivity (Wildman–Crippen MR) is 194 cm³/mol. The minimum atomic E-state index is -0.507. The summed E-state index contributed by atoms with van der Waals surface area (Å²) in [5.74, 6) is 0.607. The molecule has 1 aliphatic rings. The molecule has 9 nitrogen and oxygen atoms in total. The van der Waals surface area contributed by atoms with Crippen LogP contribution in [-0.4, -0.2) is 39.8 Å². The highest BCUT2D eigenvalue weighted by molar-refractivity contribution is 6.12. The van der Waals surface area contributed by atoms with Crippen molar-refractivity contribution in [1.82, 2.24) is 9.55 Å². The zero-order chi connectivity index (χ0) is 33.7. The molecule has 254 valence electrons. The normalized spacial score (nSPS) is 14.4. The molecule has 9 heteroatoms. The average Bonchev–Trinajstić information content (AvgIpc) is 3.55. The number of hydrogen-bond donors (Lipinski definition) is 3. The SMILES string of the molecule is CCCCCCCCC(CCCCCC)COC1N=CNc2c1ncn2-c1cccc2c(O)c(C(=O)Nc3ccccc3C=O)ccc12. The summed E-state index contributed by atoms with van der Waals surface area (Å²) in [6, 6.07) is 15.7. The van der Waals surface area contributed by atoms with Crippen LogP contribution < -0.4 is 10.6 Å². The summed E-state index contributed by atoms with van der Waals surface area (Å²) < 4.78 is 8.40. The molecule has 5 rings (SSSR count). The third kappa shape index (κ3) is 8.50. The fourth-order valence-electron chi connectivity index (χ4n) is 6.46. The van der Waals surface area contributed by atoms with Gasteiger partial charge in [-0.1, -0.05) is 108 Å². The van der Waals surface area contributed by atoms with Gasteiger partial charge in [0.25, 0.3) is 5.91 Å². The van der Waals surface area contributed by atoms with Gasteiger partial charge in [0.2, 0.25) is 0 Å². The number of aliphatic imine (C=N–C) groups is 1. The summed E-state index contributed by atoms with van der Waals surface area (Å²) in [5.41, 5.74) is 2.35. The Morgan fingerprint density at radius 2 is 1.67 bits per heavy atom. The highest BCUT2D eigenvalue weighted by atomic mass is 16.5. The lowest BCUT2D eigenvalue weighted by molar-refractivity contribution is 0.0262. The molecule has 0 fully saturated rings. The molecule has 2 heterocycles. The van der Waals surface area contributed by atoms with E-state index < -0.39 is 12.1 Å². The van der Waals surface area contributed by atoms with Crippen LogP contribution in [0.1, 0.15) is 124 Å². The quantitative estimate of drug-likeness (QED) is 0.0686. The molecule has 0 bridgehead atoms. The first kappa shape index (κ1) is 34.8. The van der Waals surface area contributed by atoms with Crippen molar-refractivity contribution >= 4 is 40.8 Å². The fraction of sp³-hybridized carbons (Fsp3) is 0.436. The number of aromatic hydroxyl groups is 1. The number of carbonyl (C=O) groups is 2. The maximum absolute atomic E-state index is 13.2. The number of para-hydroxylation sites is 1. The fourth-order valence-corrected chi connectivity index (χ4v) is 6.46. The van der Waals surface area contributed by atoms with Gasteiger partial charge in [-0.15, -0.1) is 0 Å². The van der Waals surface area contributed by atoms with E-state index in [0.717, 1.165) is 16.9 Å². The first-order chi connectivity index (χ1) is 23.5. The maximum atomic E-state index is 13.2. The van der Waals surface area contributed by atoms with Crippen molar-refractivity contribution in [3.8, 4) is 11.4 Å². The van der Waals surface area contributed by atoms with Gasteiger partial charge in [-0.05, 0) is 43.0 Å². The Labute approximate surface area is 283 Å². The second-order valence-corrected chi connectivity index (χ2v) is 12.7. The first-order valence-corrected chi connectivity index (χ1v) is 17.6. The molecule has 1 amide bonds. The second kappa shape index (κ2) is 17.6. The molecular weight excluding hydrogens is 602 g/mol. The minimum absolute atomic E-state index is 0.108. The highest BCUT2D eigenvalue weighted by Crippen LogP contribution is 2.37. The number of nitrogens with one attached hydrogen (secondary N) is 2. The van der Waals surface area contributed by atoms with E-state index in [1.54, 1.807) is 49.1 Å². The Morgan fingerprint density at radius 3 is 2.44 bits per heavy atom. The van der Waals surface area contributed by atoms with E-state index in [2.05, 4.69) is 29.5 Å². The van der Waals surface area contributed by atoms with Gasteiger partial charge in [0.05, 0.1) is 29.9 Å². The summed E-state index contributed by atoms with van der Waals surface area (Å²) in [5, 5.41) is 18.5. The van der Waals surface area contributed by atoms with Crippen molar-refractivity contribution in [3.05, 3.63) is 77.7 Å². The number of phenols is 1. The van der Waals surface area contributed by atoms with Crippen LogP contribution >= 0.6 is 0 Å². The third-order valence-electron chi connectivity index (χ3n) is 9.21. The largest absolute Gasteiger partial charge is 0.506 e. The molecule has 0 radical (unpaired) electrons. The van der Waals surface area contributed by atoms with Gasteiger partial charge in [-0.2, -0.15) is 0 Å². The number of carbonyl (C=O) groups excluding carboxylic acids is 2. The number of unbranched alkanes of at least 4 members (excludes halogenated alkanes) is 8. The van der Waals surface area contributed by atoms with E-state index in [4.69, 9.17) is 9.72 Å². The number of fused-ring (bicyclic) bond motifs is 2. The van der Waals surface area contributed by atoms with Crippen LogP contribution in [0.5, 0.6) is 5.75 Å². The molecule has 0 saturated heterocycles. The Hall–Kier alpha value is -4.50. The average molecular weight is 652 g/mol. The van der Waals surface area contributed by atoms with Crippen LogP contribution in [0.15, 0.2) is 65.9 Å². The van der Waals surface area contributed by atoms with Gasteiger partial charge < -0.3 is 20.5 Å². The summed E-state index contributed by atoms with van der Waals surface area (Å²) >= 11 is 0. The number of aldehydes is 1. The molecule has 1 aliphatic heterocycles. The smallest absolute Gasteiger partial charge is 0.259 e. The van der Waals surface area contributed by atoms with Gasteiger partial charge in [0, 0.05) is 16.3 Å². The molecule has 3 aromatic carbocycles. The number of imidazole rings is 1. The molecular formula is C39H49N5O4. The molecule has 0 aliphatic carbocycles. The Morgan fingerprint density at radius 1 is 0.938 bits per heavy atom. The molecule has 2 unspecified atom stereocenters. The first-order valence-electron chi connectivity index (χ1n) is 17.6. The zero-order valence-electron chi connectivity index (χ0n) is 28.3. The van der Waals surface area contributed by atoms with Crippen molar-refractivity contribution in [1.29, 1.82) is 0 Å². The predicted octanol–water partition coefficient (Wildman–Crippen LogP) is 9.60. The van der Waals surface area contributed by atoms with Crippen LogP contribution in [-0.2, 0) is 4.74 Å². The van der Waals surface area contributed by atoms with E-state index in [0.29, 0.717) is 41.1 Å². The van der Waals surface area contributed by atoms with Gasteiger partial charge in [-0.3, -0.25) is 14.2 Å². The van der Waals surface area contributed by atoms with Crippen molar-refractivity contribution in [2.45, 2.75) is 97.1 Å². The van der Waals surface area contributed by atoms with E-state index in [-0.39, 0.29) is 11.3 Å². The minimum Gasteiger partial charge on any atom is -0.506 e. The van der Waals surface area contributed by atoms with Gasteiger partial charge in [0.1, 0.15) is 23.6 Å². The number of ether oxygens (including phenoxy) is 1. The molecule has 3 N–H and O–H groups in total. The van der Waals surface area contributed by atoms with E-state index in [9.17, 15) is 14.7 Å². The number of phenolic OH excluding ortho intramolecular Hbond substituents is 1. The van der Waals surface area contributed by atoms with Crippen LogP contribution in [0.2, 0.25) is 0 Å². The van der Waals surface area contributed by atoms with Crippen molar-refractivity contribution in [3.63, 3.8) is 0 Å². The molecule has 0 spiro atoms. The zero-order valence-corrected chi connectivity index (χ0v) is 28.3. The highest BCUT2D eigenvalue weighted by Gasteiger charge is 2.26. The van der Waals surface area contributed by atoms with E-state index in [1.807, 2.05) is 22.8 Å². The number of amides is 1. The number of nitrogens with zero attached hydrogens (tertiary/aromatic N) is 3. The number of aromatic nitrogens is 2. The molecule has 2 atom stereocenters. The molecule has 0 saturated carbocycles. The summed E-state index contributed by atoms with van der Waals surface area (Å²) in [4.78, 5) is 33.9. The summed E-state index contributed by atoms with van der Waals surface area (Å²) in [6.07, 6.45) is 18.7. The number of anilines is 2. The summed E-state index contributed by atoms with van der Waals surface area (Å²) in [7, 11) is 0. The maximum Gasteiger partial charge on any atom is 0.259 e. The number of rotatable bonds is 19. The second-order valence-electron chi connectivity index (χ2n) is 12.7. The topological polar surface area (TPSA) is 118 Å². The van der Waals surface area contributed by atoms with Crippen molar-refractivity contribution < 1.29 is 19.4 Å². The lowest BCUT2D eigenvalue weighted by atomic mass is 9.95. The van der Waals surface area contributed by atoms with Gasteiger partial charge >= 0.3 is 0 Å². The molecule has 4 aromatic rings. The number of benzene rings is 3. The van der Waals surface area contributed by atoms with Gasteiger partial charge in [0.15, 0.2) is 12.5 Å². The lowest BCUT2D eigenvalue weighted by Crippen LogP contribution is -2.18. The summed E-state index contributed by atoms with van der Waals surface area (Å²) in [6.45, 7) is 5.16.